The van der Waals surface area contributed by atoms with E-state index in [-0.39, 0.29) is 0 Å². The van der Waals surface area contributed by atoms with Crippen LogP contribution in [0.2, 0.25) is 0 Å². The van der Waals surface area contributed by atoms with Crippen molar-refractivity contribution in [1.82, 2.24) is 20.4 Å². The van der Waals surface area contributed by atoms with Gasteiger partial charge < -0.3 is 9.84 Å². The van der Waals surface area contributed by atoms with Gasteiger partial charge in [0.15, 0.2) is 5.82 Å². The monoisotopic (exact) mass is 276 g/mol. The van der Waals surface area contributed by atoms with Gasteiger partial charge in [0, 0.05) is 18.5 Å². The second-order valence-corrected chi connectivity index (χ2v) is 6.75. The van der Waals surface area contributed by atoms with Crippen LogP contribution in [0.15, 0.2) is 4.52 Å². The average molecular weight is 276 g/mol. The number of hydrogen-bond acceptors (Lipinski definition) is 5. The van der Waals surface area contributed by atoms with Gasteiger partial charge in [0.2, 0.25) is 5.89 Å². The van der Waals surface area contributed by atoms with Gasteiger partial charge in [-0.15, -0.1) is 0 Å². The molecule has 3 aliphatic rings. The fraction of sp³-hybridized carbons (Fsp3) is 0.867. The van der Waals surface area contributed by atoms with Crippen molar-refractivity contribution in [3.63, 3.8) is 0 Å². The maximum absolute atomic E-state index is 5.34. The number of rotatable bonds is 6. The molecule has 1 saturated heterocycles. The summed E-state index contributed by atoms with van der Waals surface area (Å²) in [7, 11) is 0. The first-order chi connectivity index (χ1) is 9.87. The summed E-state index contributed by atoms with van der Waals surface area (Å²) in [4.78, 5) is 7.00. The molecular formula is C15H24N4O. The molecule has 0 aromatic carbocycles. The van der Waals surface area contributed by atoms with Crippen molar-refractivity contribution in [2.45, 2.75) is 57.0 Å². The van der Waals surface area contributed by atoms with Crippen LogP contribution in [0, 0.1) is 5.92 Å². The lowest BCUT2D eigenvalue weighted by molar-refractivity contribution is 0.177. The molecule has 0 amide bonds. The molecule has 0 spiro atoms. The minimum atomic E-state index is 0.561. The van der Waals surface area contributed by atoms with E-state index in [1.165, 1.54) is 45.1 Å². The van der Waals surface area contributed by atoms with E-state index in [0.717, 1.165) is 37.3 Å². The molecule has 1 aromatic heterocycles. The van der Waals surface area contributed by atoms with Crippen LogP contribution in [0.3, 0.4) is 0 Å². The van der Waals surface area contributed by atoms with Crippen molar-refractivity contribution < 1.29 is 4.52 Å². The summed E-state index contributed by atoms with van der Waals surface area (Å²) < 4.78 is 5.34. The maximum Gasteiger partial charge on any atom is 0.229 e. The largest absolute Gasteiger partial charge is 0.339 e. The van der Waals surface area contributed by atoms with Crippen LogP contribution in [0.25, 0.3) is 0 Å². The second-order valence-electron chi connectivity index (χ2n) is 6.75. The molecule has 0 radical (unpaired) electrons. The van der Waals surface area contributed by atoms with Gasteiger partial charge in [-0.3, -0.25) is 4.90 Å². The number of hydrogen-bond donors (Lipinski definition) is 1. The van der Waals surface area contributed by atoms with Gasteiger partial charge in [0.05, 0.1) is 6.54 Å². The Kier molecular flexibility index (Phi) is 3.48. The summed E-state index contributed by atoms with van der Waals surface area (Å²) in [6.45, 7) is 4.35. The zero-order valence-corrected chi connectivity index (χ0v) is 12.1. The molecule has 5 heteroatoms. The van der Waals surface area contributed by atoms with Crippen molar-refractivity contribution in [2.24, 2.45) is 5.92 Å². The smallest absolute Gasteiger partial charge is 0.229 e. The van der Waals surface area contributed by atoms with E-state index in [1.54, 1.807) is 0 Å². The molecule has 20 heavy (non-hydrogen) atoms. The van der Waals surface area contributed by atoms with Crippen molar-refractivity contribution >= 4 is 0 Å². The Bertz CT molecular complexity index is 452. The van der Waals surface area contributed by atoms with Crippen molar-refractivity contribution in [3.05, 3.63) is 11.7 Å². The third kappa shape index (κ3) is 3.20. The molecule has 1 atom stereocenters. The van der Waals surface area contributed by atoms with Gasteiger partial charge in [-0.1, -0.05) is 5.16 Å². The van der Waals surface area contributed by atoms with Gasteiger partial charge in [0.25, 0.3) is 0 Å². The number of aromatic nitrogens is 2. The molecule has 1 aromatic rings. The summed E-state index contributed by atoms with van der Waals surface area (Å²) in [5.41, 5.74) is 0. The van der Waals surface area contributed by atoms with E-state index in [2.05, 4.69) is 20.4 Å². The summed E-state index contributed by atoms with van der Waals surface area (Å²) >= 11 is 0. The van der Waals surface area contributed by atoms with Crippen LogP contribution in [0.4, 0.5) is 0 Å². The number of nitrogens with one attached hydrogen (secondary N) is 1. The van der Waals surface area contributed by atoms with Crippen molar-refractivity contribution in [2.75, 3.05) is 19.6 Å². The Morgan fingerprint density at radius 2 is 2.10 bits per heavy atom. The van der Waals surface area contributed by atoms with E-state index in [1.807, 2.05) is 0 Å². The number of likely N-dealkylation sites (tertiary alicyclic amines) is 1. The predicted molar refractivity (Wildman–Crippen MR) is 75.3 cm³/mol. The van der Waals surface area contributed by atoms with Crippen molar-refractivity contribution in [3.8, 4) is 0 Å². The van der Waals surface area contributed by atoms with E-state index >= 15 is 0 Å². The van der Waals surface area contributed by atoms with Gasteiger partial charge in [-0.25, -0.2) is 0 Å². The van der Waals surface area contributed by atoms with Gasteiger partial charge in [0.1, 0.15) is 0 Å². The summed E-state index contributed by atoms with van der Waals surface area (Å²) in [6.07, 6.45) is 7.88. The van der Waals surface area contributed by atoms with Crippen LogP contribution in [-0.2, 0) is 6.54 Å². The van der Waals surface area contributed by atoms with Crippen LogP contribution >= 0.6 is 0 Å². The molecule has 2 heterocycles. The van der Waals surface area contributed by atoms with E-state index in [9.17, 15) is 0 Å². The summed E-state index contributed by atoms with van der Waals surface area (Å²) in [5, 5.41) is 7.86. The molecule has 1 aliphatic heterocycles. The molecular weight excluding hydrogens is 252 g/mol. The summed E-state index contributed by atoms with van der Waals surface area (Å²) in [6, 6.07) is 0.652. The highest BCUT2D eigenvalue weighted by atomic mass is 16.5. The quantitative estimate of drug-likeness (QED) is 0.860. The zero-order chi connectivity index (χ0) is 13.4. The molecule has 110 valence electrons. The second kappa shape index (κ2) is 5.45. The molecule has 4 rings (SSSR count). The van der Waals surface area contributed by atoms with E-state index in [0.29, 0.717) is 12.0 Å². The average Bonchev–Trinajstić information content (AvgIpc) is 3.38. The maximum atomic E-state index is 5.34. The predicted octanol–water partition coefficient (Wildman–Crippen LogP) is 1.91. The Morgan fingerprint density at radius 3 is 2.90 bits per heavy atom. The Balaban J connectivity index is 1.28. The lowest BCUT2D eigenvalue weighted by Gasteiger charge is -2.32. The van der Waals surface area contributed by atoms with E-state index in [4.69, 9.17) is 4.52 Å². The molecule has 0 bridgehead atoms. The summed E-state index contributed by atoms with van der Waals surface area (Å²) in [5.74, 6) is 3.25. The fourth-order valence-electron chi connectivity index (χ4n) is 3.05. The standard InChI is InChI=1S/C15H24N4O/c1-2-13(16-8-11-3-4-11)9-19(7-1)10-14-17-15(20-18-14)12-5-6-12/h11-13,16H,1-10H2/t13-/m1/s1. The van der Waals surface area contributed by atoms with E-state index < -0.39 is 0 Å². The fourth-order valence-corrected chi connectivity index (χ4v) is 3.05. The van der Waals surface area contributed by atoms with Gasteiger partial charge in [-0.2, -0.15) is 4.98 Å². The zero-order valence-electron chi connectivity index (χ0n) is 12.1. The lowest BCUT2D eigenvalue weighted by Crippen LogP contribution is -2.45. The van der Waals surface area contributed by atoms with Gasteiger partial charge >= 0.3 is 0 Å². The third-order valence-corrected chi connectivity index (χ3v) is 4.67. The first-order valence-corrected chi connectivity index (χ1v) is 8.15. The molecule has 2 aliphatic carbocycles. The molecule has 3 fully saturated rings. The van der Waals surface area contributed by atoms with Crippen molar-refractivity contribution in [1.29, 1.82) is 0 Å². The highest BCUT2D eigenvalue weighted by Gasteiger charge is 2.30. The first-order valence-electron chi connectivity index (χ1n) is 8.15. The first kappa shape index (κ1) is 12.8. The number of nitrogens with zero attached hydrogens (tertiary/aromatic N) is 3. The minimum absolute atomic E-state index is 0.561. The highest BCUT2D eigenvalue weighted by molar-refractivity contribution is 5.01. The number of piperidine rings is 1. The van der Waals surface area contributed by atoms with Crippen LogP contribution in [0.1, 0.15) is 56.2 Å². The molecule has 2 saturated carbocycles. The van der Waals surface area contributed by atoms with Crippen LogP contribution in [-0.4, -0.2) is 40.7 Å². The van der Waals surface area contributed by atoms with Crippen LogP contribution in [0.5, 0.6) is 0 Å². The van der Waals surface area contributed by atoms with Gasteiger partial charge in [-0.05, 0) is 57.5 Å². The molecule has 5 nitrogen and oxygen atoms in total. The highest BCUT2D eigenvalue weighted by Crippen LogP contribution is 2.38. The third-order valence-electron chi connectivity index (χ3n) is 4.67. The molecule has 1 N–H and O–H groups in total. The van der Waals surface area contributed by atoms with Crippen LogP contribution < -0.4 is 5.32 Å². The lowest BCUT2D eigenvalue weighted by atomic mass is 10.1. The Labute approximate surface area is 120 Å². The normalized spacial score (nSPS) is 27.9. The Morgan fingerprint density at radius 1 is 1.20 bits per heavy atom. The SMILES string of the molecule is C1C[C@@H](NCC2CC2)CN(Cc2noc(C3CC3)n2)C1. The molecule has 0 unspecified atom stereocenters. The topological polar surface area (TPSA) is 54.2 Å². The minimum Gasteiger partial charge on any atom is -0.339 e. The Hall–Kier alpha value is -0.940.